The van der Waals surface area contributed by atoms with Gasteiger partial charge in [0, 0.05) is 24.4 Å². The predicted molar refractivity (Wildman–Crippen MR) is 92.3 cm³/mol. The van der Waals surface area contributed by atoms with Crippen molar-refractivity contribution < 1.29 is 31.1 Å². The Hall–Kier alpha value is -3.30. The summed E-state index contributed by atoms with van der Waals surface area (Å²) >= 11 is 0. The molecule has 1 N–H and O–H groups in total. The van der Waals surface area contributed by atoms with Crippen molar-refractivity contribution in [2.75, 3.05) is 5.32 Å². The van der Waals surface area contributed by atoms with Crippen LogP contribution in [-0.2, 0) is 24.4 Å². The van der Waals surface area contributed by atoms with Crippen LogP contribution < -0.4 is 5.32 Å². The van der Waals surface area contributed by atoms with E-state index in [-0.39, 0.29) is 22.4 Å². The minimum Gasteiger partial charge on any atom is -0.323 e. The van der Waals surface area contributed by atoms with Crippen molar-refractivity contribution in [3.8, 4) is 11.1 Å². The Balaban J connectivity index is 1.91. The van der Waals surface area contributed by atoms with E-state index in [2.05, 4.69) is 10.4 Å². The highest BCUT2D eigenvalue weighted by Crippen LogP contribution is 2.33. The maximum Gasteiger partial charge on any atom is 0.435 e. The standard InChI is InChI=1S/C19H13F6N3O/c1-28-9-11(18(27-28)19(23,24)25)8-16(29)26-17-12(3-2-4-14(17)21)10-5-6-13(20)15(22)7-10/h2-7,9H,8H2,1H3,(H,26,29). The molecule has 0 saturated heterocycles. The van der Waals surface area contributed by atoms with Gasteiger partial charge in [-0.1, -0.05) is 18.2 Å². The van der Waals surface area contributed by atoms with Gasteiger partial charge in [0.25, 0.3) is 0 Å². The molecule has 0 radical (unpaired) electrons. The number of para-hydroxylation sites is 1. The summed E-state index contributed by atoms with van der Waals surface area (Å²) < 4.78 is 81.0. The van der Waals surface area contributed by atoms with Crippen LogP contribution in [0.5, 0.6) is 0 Å². The minimum absolute atomic E-state index is 0.0412. The third kappa shape index (κ3) is 4.41. The number of halogens is 6. The first-order valence-electron chi connectivity index (χ1n) is 8.19. The van der Waals surface area contributed by atoms with E-state index in [9.17, 15) is 31.1 Å². The molecule has 3 rings (SSSR count). The number of alkyl halides is 3. The van der Waals surface area contributed by atoms with Gasteiger partial charge in [0.2, 0.25) is 5.91 Å². The number of amides is 1. The zero-order valence-electron chi connectivity index (χ0n) is 14.8. The Morgan fingerprint density at radius 1 is 1.07 bits per heavy atom. The minimum atomic E-state index is -4.76. The van der Waals surface area contributed by atoms with E-state index in [1.54, 1.807) is 0 Å². The van der Waals surface area contributed by atoms with Gasteiger partial charge in [-0.15, -0.1) is 0 Å². The Labute approximate surface area is 160 Å². The molecular weight excluding hydrogens is 400 g/mol. The molecule has 4 nitrogen and oxygen atoms in total. The normalized spacial score (nSPS) is 11.6. The van der Waals surface area contributed by atoms with Crippen molar-refractivity contribution in [1.82, 2.24) is 9.78 Å². The number of nitrogens with one attached hydrogen (secondary N) is 1. The van der Waals surface area contributed by atoms with Gasteiger partial charge in [-0.2, -0.15) is 18.3 Å². The number of carbonyl (C=O) groups is 1. The topological polar surface area (TPSA) is 46.9 Å². The highest BCUT2D eigenvalue weighted by molar-refractivity contribution is 5.96. The van der Waals surface area contributed by atoms with E-state index >= 15 is 0 Å². The summed E-state index contributed by atoms with van der Waals surface area (Å²) in [5.41, 5.74) is -1.84. The molecule has 1 amide bonds. The van der Waals surface area contributed by atoms with Crippen LogP contribution in [0.4, 0.5) is 32.0 Å². The van der Waals surface area contributed by atoms with Crippen LogP contribution >= 0.6 is 0 Å². The third-order valence-corrected chi connectivity index (χ3v) is 4.03. The van der Waals surface area contributed by atoms with Crippen LogP contribution in [0.3, 0.4) is 0 Å². The number of anilines is 1. The van der Waals surface area contributed by atoms with Crippen molar-refractivity contribution in [1.29, 1.82) is 0 Å². The number of aromatic nitrogens is 2. The molecule has 10 heteroatoms. The molecule has 1 aromatic heterocycles. The molecule has 2 aromatic carbocycles. The molecule has 0 unspecified atom stereocenters. The molecule has 0 aliphatic carbocycles. The van der Waals surface area contributed by atoms with Crippen molar-refractivity contribution in [3.05, 3.63) is 71.3 Å². The summed E-state index contributed by atoms with van der Waals surface area (Å²) in [6, 6.07) is 6.52. The Bertz CT molecular complexity index is 1070. The number of benzene rings is 2. The summed E-state index contributed by atoms with van der Waals surface area (Å²) in [6.45, 7) is 0. The van der Waals surface area contributed by atoms with Gasteiger partial charge in [-0.25, -0.2) is 13.2 Å². The van der Waals surface area contributed by atoms with Crippen LogP contribution in [0.15, 0.2) is 42.6 Å². The first kappa shape index (κ1) is 20.4. The molecule has 0 fully saturated rings. The Morgan fingerprint density at radius 3 is 2.45 bits per heavy atom. The Morgan fingerprint density at radius 2 is 1.79 bits per heavy atom. The number of hydrogen-bond acceptors (Lipinski definition) is 2. The van der Waals surface area contributed by atoms with Crippen LogP contribution in [0, 0.1) is 17.5 Å². The van der Waals surface area contributed by atoms with Gasteiger partial charge in [-0.3, -0.25) is 9.48 Å². The first-order valence-corrected chi connectivity index (χ1v) is 8.19. The molecule has 3 aromatic rings. The van der Waals surface area contributed by atoms with Crippen LogP contribution in [-0.4, -0.2) is 15.7 Å². The molecule has 1 heterocycles. The van der Waals surface area contributed by atoms with E-state index in [1.165, 1.54) is 25.2 Å². The van der Waals surface area contributed by atoms with E-state index < -0.39 is 41.6 Å². The number of carbonyl (C=O) groups excluding carboxylic acids is 1. The SMILES string of the molecule is Cn1cc(CC(=O)Nc2c(F)cccc2-c2ccc(F)c(F)c2)c(C(F)(F)F)n1. The lowest BCUT2D eigenvalue weighted by Crippen LogP contribution is -2.18. The van der Waals surface area contributed by atoms with Crippen LogP contribution in [0.1, 0.15) is 11.3 Å². The lowest BCUT2D eigenvalue weighted by molar-refractivity contribution is -0.142. The summed E-state index contributed by atoms with van der Waals surface area (Å²) in [6.07, 6.45) is -4.43. The zero-order valence-corrected chi connectivity index (χ0v) is 14.8. The van der Waals surface area contributed by atoms with Gasteiger partial charge >= 0.3 is 6.18 Å². The molecule has 0 bridgehead atoms. The van der Waals surface area contributed by atoms with Gasteiger partial charge in [0.1, 0.15) is 5.82 Å². The number of nitrogens with zero attached hydrogens (tertiary/aromatic N) is 2. The van der Waals surface area contributed by atoms with E-state index in [1.807, 2.05) is 0 Å². The monoisotopic (exact) mass is 413 g/mol. The second kappa shape index (κ2) is 7.61. The van der Waals surface area contributed by atoms with Gasteiger partial charge < -0.3 is 5.32 Å². The van der Waals surface area contributed by atoms with Gasteiger partial charge in [0.15, 0.2) is 17.3 Å². The molecule has 0 aliphatic rings. The smallest absolute Gasteiger partial charge is 0.323 e. The van der Waals surface area contributed by atoms with E-state index in [0.717, 1.165) is 29.1 Å². The van der Waals surface area contributed by atoms with Crippen molar-refractivity contribution in [3.63, 3.8) is 0 Å². The lowest BCUT2D eigenvalue weighted by Gasteiger charge is -2.13. The van der Waals surface area contributed by atoms with Crippen LogP contribution in [0.25, 0.3) is 11.1 Å². The van der Waals surface area contributed by atoms with Gasteiger partial charge in [0.05, 0.1) is 12.1 Å². The second-order valence-corrected chi connectivity index (χ2v) is 6.19. The second-order valence-electron chi connectivity index (χ2n) is 6.19. The number of aryl methyl sites for hydroxylation is 1. The summed E-state index contributed by atoms with van der Waals surface area (Å²) in [5, 5.41) is 5.52. The summed E-state index contributed by atoms with van der Waals surface area (Å²) in [4.78, 5) is 12.3. The van der Waals surface area contributed by atoms with Gasteiger partial charge in [-0.05, 0) is 23.8 Å². The lowest BCUT2D eigenvalue weighted by atomic mass is 10.0. The fourth-order valence-electron chi connectivity index (χ4n) is 2.82. The maximum atomic E-state index is 14.3. The van der Waals surface area contributed by atoms with Crippen molar-refractivity contribution in [2.24, 2.45) is 7.05 Å². The number of hydrogen-bond donors (Lipinski definition) is 1. The molecule has 0 saturated carbocycles. The fourth-order valence-corrected chi connectivity index (χ4v) is 2.82. The zero-order chi connectivity index (χ0) is 21.3. The molecule has 152 valence electrons. The highest BCUT2D eigenvalue weighted by Gasteiger charge is 2.37. The van der Waals surface area contributed by atoms with Crippen molar-refractivity contribution in [2.45, 2.75) is 12.6 Å². The average molecular weight is 413 g/mol. The molecule has 0 spiro atoms. The largest absolute Gasteiger partial charge is 0.435 e. The fraction of sp³-hybridized carbons (Fsp3) is 0.158. The first-order chi connectivity index (χ1) is 13.6. The summed E-state index contributed by atoms with van der Waals surface area (Å²) in [5.74, 6) is -4.10. The molecule has 29 heavy (non-hydrogen) atoms. The number of rotatable bonds is 4. The maximum absolute atomic E-state index is 14.3. The van der Waals surface area contributed by atoms with E-state index in [4.69, 9.17) is 0 Å². The van der Waals surface area contributed by atoms with Crippen molar-refractivity contribution >= 4 is 11.6 Å². The highest BCUT2D eigenvalue weighted by atomic mass is 19.4. The third-order valence-electron chi connectivity index (χ3n) is 4.03. The summed E-state index contributed by atoms with van der Waals surface area (Å²) in [7, 11) is 1.27. The van der Waals surface area contributed by atoms with E-state index in [0.29, 0.717) is 0 Å². The molecule has 0 aliphatic heterocycles. The predicted octanol–water partition coefficient (Wildman–Crippen LogP) is 4.70. The molecular formula is C19H13F6N3O. The Kier molecular flexibility index (Phi) is 5.36. The molecule has 0 atom stereocenters. The average Bonchev–Trinajstić information content (AvgIpc) is 2.99. The van der Waals surface area contributed by atoms with Crippen LogP contribution in [0.2, 0.25) is 0 Å². The quantitative estimate of drug-likeness (QED) is 0.630.